The Hall–Kier alpha value is -2.98. The van der Waals surface area contributed by atoms with Gasteiger partial charge in [-0.05, 0) is 30.9 Å². The van der Waals surface area contributed by atoms with Gasteiger partial charge in [0, 0.05) is 16.5 Å². The maximum atomic E-state index is 11.5. The Bertz CT molecular complexity index is 1020. The SMILES string of the molecule is CCCOc1c(OC)cc(/C=N\Nc2nc(-c3cccs3)c(C)s2)cc1[N+](=O)[O-]. The molecule has 0 aliphatic carbocycles. The largest absolute Gasteiger partial charge is 0.493 e. The summed E-state index contributed by atoms with van der Waals surface area (Å²) >= 11 is 3.12. The number of hydrogen-bond donors (Lipinski definition) is 1. The van der Waals surface area contributed by atoms with Crippen molar-refractivity contribution in [2.75, 3.05) is 19.1 Å². The van der Waals surface area contributed by atoms with Crippen molar-refractivity contribution in [2.45, 2.75) is 20.3 Å². The molecule has 3 aromatic rings. The van der Waals surface area contributed by atoms with E-state index < -0.39 is 4.92 Å². The first-order valence-corrected chi connectivity index (χ1v) is 10.5. The first kappa shape index (κ1) is 20.7. The van der Waals surface area contributed by atoms with Crippen LogP contribution in [0.3, 0.4) is 0 Å². The van der Waals surface area contributed by atoms with Gasteiger partial charge in [-0.2, -0.15) is 5.10 Å². The summed E-state index contributed by atoms with van der Waals surface area (Å²) in [5.41, 5.74) is 4.17. The van der Waals surface area contributed by atoms with Crippen molar-refractivity contribution in [2.24, 2.45) is 5.10 Å². The fourth-order valence-electron chi connectivity index (χ4n) is 2.57. The molecule has 0 saturated heterocycles. The zero-order valence-corrected chi connectivity index (χ0v) is 17.8. The number of hydrogen-bond acceptors (Lipinski definition) is 9. The third-order valence-corrected chi connectivity index (χ3v) is 5.60. The van der Waals surface area contributed by atoms with Gasteiger partial charge in [-0.15, -0.1) is 22.7 Å². The van der Waals surface area contributed by atoms with Crippen LogP contribution in [0.25, 0.3) is 10.6 Å². The van der Waals surface area contributed by atoms with Crippen molar-refractivity contribution >= 4 is 39.7 Å². The minimum Gasteiger partial charge on any atom is -0.493 e. The van der Waals surface area contributed by atoms with Gasteiger partial charge in [0.05, 0.1) is 35.4 Å². The summed E-state index contributed by atoms with van der Waals surface area (Å²) in [6.07, 6.45) is 2.22. The standard InChI is InChI=1S/C19H20N4O4S2/c1-4-7-27-18-14(23(24)25)9-13(10-15(18)26-3)11-20-22-19-21-17(12(2)29-19)16-6-5-8-28-16/h5-6,8-11H,4,7H2,1-3H3,(H,21,22)/b20-11-. The number of hydrazone groups is 1. The van der Waals surface area contributed by atoms with Crippen molar-refractivity contribution < 1.29 is 14.4 Å². The number of benzene rings is 1. The summed E-state index contributed by atoms with van der Waals surface area (Å²) < 4.78 is 10.8. The van der Waals surface area contributed by atoms with Crippen LogP contribution in [-0.2, 0) is 0 Å². The van der Waals surface area contributed by atoms with Crippen molar-refractivity contribution in [3.05, 3.63) is 50.2 Å². The van der Waals surface area contributed by atoms with Crippen LogP contribution in [0.1, 0.15) is 23.8 Å². The van der Waals surface area contributed by atoms with E-state index in [9.17, 15) is 10.1 Å². The fourth-order valence-corrected chi connectivity index (χ4v) is 4.18. The minimum atomic E-state index is -0.490. The summed E-state index contributed by atoms with van der Waals surface area (Å²) in [6.45, 7) is 4.29. The molecule has 0 unspecified atom stereocenters. The van der Waals surface area contributed by atoms with E-state index >= 15 is 0 Å². The van der Waals surface area contributed by atoms with E-state index in [2.05, 4.69) is 15.5 Å². The smallest absolute Gasteiger partial charge is 0.315 e. The molecule has 10 heteroatoms. The molecule has 8 nitrogen and oxygen atoms in total. The second-order valence-corrected chi connectivity index (χ2v) is 8.10. The Morgan fingerprint density at radius 1 is 1.41 bits per heavy atom. The highest BCUT2D eigenvalue weighted by atomic mass is 32.1. The van der Waals surface area contributed by atoms with Gasteiger partial charge in [-0.1, -0.05) is 13.0 Å². The Balaban J connectivity index is 1.81. The topological polar surface area (TPSA) is 98.9 Å². The summed E-state index contributed by atoms with van der Waals surface area (Å²) in [5.74, 6) is 0.416. The molecule has 1 aromatic carbocycles. The lowest BCUT2D eigenvalue weighted by Crippen LogP contribution is -2.03. The number of rotatable bonds is 9. The van der Waals surface area contributed by atoms with E-state index in [1.807, 2.05) is 31.4 Å². The predicted octanol–water partition coefficient (Wildman–Crippen LogP) is 5.33. The highest BCUT2D eigenvalue weighted by molar-refractivity contribution is 7.17. The molecule has 0 saturated carbocycles. The van der Waals surface area contributed by atoms with Gasteiger partial charge in [0.25, 0.3) is 0 Å². The lowest BCUT2D eigenvalue weighted by Gasteiger charge is -2.11. The van der Waals surface area contributed by atoms with Gasteiger partial charge in [0.1, 0.15) is 0 Å². The van der Waals surface area contributed by atoms with Crippen LogP contribution in [0.4, 0.5) is 10.8 Å². The zero-order chi connectivity index (χ0) is 20.8. The molecule has 0 atom stereocenters. The lowest BCUT2D eigenvalue weighted by molar-refractivity contribution is -0.386. The third-order valence-electron chi connectivity index (χ3n) is 3.85. The molecule has 152 valence electrons. The second kappa shape index (κ2) is 9.48. The first-order chi connectivity index (χ1) is 14.0. The van der Waals surface area contributed by atoms with E-state index in [-0.39, 0.29) is 11.4 Å². The Kier molecular flexibility index (Phi) is 6.78. The Morgan fingerprint density at radius 3 is 2.90 bits per heavy atom. The van der Waals surface area contributed by atoms with Gasteiger partial charge >= 0.3 is 5.69 Å². The van der Waals surface area contributed by atoms with Gasteiger partial charge < -0.3 is 9.47 Å². The molecular weight excluding hydrogens is 412 g/mol. The van der Waals surface area contributed by atoms with Gasteiger partial charge in [0.2, 0.25) is 10.9 Å². The maximum absolute atomic E-state index is 11.5. The molecule has 3 rings (SSSR count). The number of aryl methyl sites for hydroxylation is 1. The van der Waals surface area contributed by atoms with E-state index in [1.54, 1.807) is 17.4 Å². The molecule has 0 radical (unpaired) electrons. The second-order valence-electron chi connectivity index (χ2n) is 5.95. The van der Waals surface area contributed by atoms with Crippen molar-refractivity contribution in [3.63, 3.8) is 0 Å². The minimum absolute atomic E-state index is 0.126. The van der Waals surface area contributed by atoms with Crippen LogP contribution in [0.2, 0.25) is 0 Å². The van der Waals surface area contributed by atoms with Crippen LogP contribution < -0.4 is 14.9 Å². The summed E-state index contributed by atoms with van der Waals surface area (Å²) in [4.78, 5) is 17.7. The maximum Gasteiger partial charge on any atom is 0.315 e. The van der Waals surface area contributed by atoms with E-state index in [0.29, 0.717) is 23.1 Å². The molecule has 1 N–H and O–H groups in total. The molecule has 29 heavy (non-hydrogen) atoms. The summed E-state index contributed by atoms with van der Waals surface area (Å²) in [5, 5.41) is 18.3. The van der Waals surface area contributed by atoms with E-state index in [4.69, 9.17) is 9.47 Å². The number of ether oxygens (including phenoxy) is 2. The Morgan fingerprint density at radius 2 is 2.24 bits per heavy atom. The molecular formula is C19H20N4O4S2. The van der Waals surface area contributed by atoms with Crippen LogP contribution in [0.5, 0.6) is 11.5 Å². The number of nitro benzene ring substituents is 1. The van der Waals surface area contributed by atoms with Crippen molar-refractivity contribution in [1.82, 2.24) is 4.98 Å². The molecule has 2 heterocycles. The number of anilines is 1. The number of thiophene rings is 1. The Labute approximate surface area is 176 Å². The first-order valence-electron chi connectivity index (χ1n) is 8.83. The monoisotopic (exact) mass is 432 g/mol. The highest BCUT2D eigenvalue weighted by Gasteiger charge is 2.22. The van der Waals surface area contributed by atoms with Gasteiger partial charge in [-0.3, -0.25) is 15.5 Å². The molecule has 2 aromatic heterocycles. The number of aromatic nitrogens is 1. The molecule has 0 bridgehead atoms. The molecule has 0 amide bonds. The average molecular weight is 433 g/mol. The van der Waals surface area contributed by atoms with Crippen LogP contribution >= 0.6 is 22.7 Å². The van der Waals surface area contributed by atoms with E-state index in [1.165, 1.54) is 30.7 Å². The lowest BCUT2D eigenvalue weighted by atomic mass is 10.2. The quantitative estimate of drug-likeness (QED) is 0.279. The number of nitrogens with zero attached hydrogens (tertiary/aromatic N) is 3. The van der Waals surface area contributed by atoms with E-state index in [0.717, 1.165) is 21.9 Å². The van der Waals surface area contributed by atoms with Gasteiger partial charge in [-0.25, -0.2) is 4.98 Å². The normalized spacial score (nSPS) is 11.0. The van der Waals surface area contributed by atoms with Crippen LogP contribution in [0, 0.1) is 17.0 Å². The van der Waals surface area contributed by atoms with Crippen molar-refractivity contribution in [1.29, 1.82) is 0 Å². The summed E-state index contributed by atoms with van der Waals surface area (Å²) in [7, 11) is 1.45. The number of nitro groups is 1. The average Bonchev–Trinajstić information content (AvgIpc) is 3.35. The molecule has 0 aliphatic heterocycles. The van der Waals surface area contributed by atoms with Crippen molar-refractivity contribution in [3.8, 4) is 22.1 Å². The highest BCUT2D eigenvalue weighted by Crippen LogP contribution is 2.38. The molecule has 0 fully saturated rings. The molecule has 0 spiro atoms. The predicted molar refractivity (Wildman–Crippen MR) is 117 cm³/mol. The zero-order valence-electron chi connectivity index (χ0n) is 16.2. The van der Waals surface area contributed by atoms with Crippen LogP contribution in [-0.4, -0.2) is 29.8 Å². The molecule has 0 aliphatic rings. The number of thiazole rings is 1. The number of nitrogens with one attached hydrogen (secondary N) is 1. The fraction of sp³-hybridized carbons (Fsp3) is 0.263. The summed E-state index contributed by atoms with van der Waals surface area (Å²) in [6, 6.07) is 7.06. The van der Waals surface area contributed by atoms with Crippen LogP contribution in [0.15, 0.2) is 34.7 Å². The third kappa shape index (κ3) is 4.90. The number of methoxy groups -OCH3 is 1. The van der Waals surface area contributed by atoms with Gasteiger partial charge in [0.15, 0.2) is 5.75 Å².